The molecule has 0 bridgehead atoms. The Morgan fingerprint density at radius 1 is 1.39 bits per heavy atom. The fourth-order valence-electron chi connectivity index (χ4n) is 2.65. The van der Waals surface area contributed by atoms with E-state index in [4.69, 9.17) is 0 Å². The molecule has 1 saturated heterocycles. The first-order chi connectivity index (χ1) is 11.1. The second kappa shape index (κ2) is 7.40. The van der Waals surface area contributed by atoms with E-state index in [1.165, 1.54) is 23.9 Å². The van der Waals surface area contributed by atoms with E-state index in [0.717, 1.165) is 40.8 Å². The number of piperidine rings is 1. The zero-order chi connectivity index (χ0) is 16.2. The lowest BCUT2D eigenvalue weighted by molar-refractivity contribution is -0.129. The largest absolute Gasteiger partial charge is 0.341 e. The summed E-state index contributed by atoms with van der Waals surface area (Å²) < 4.78 is 12.9. The lowest BCUT2D eigenvalue weighted by Crippen LogP contribution is -2.40. The minimum Gasteiger partial charge on any atom is -0.341 e. The molecule has 1 amide bonds. The Morgan fingerprint density at radius 2 is 2.17 bits per heavy atom. The first-order valence-electron chi connectivity index (χ1n) is 7.58. The van der Waals surface area contributed by atoms with Gasteiger partial charge in [-0.2, -0.15) is 0 Å². The van der Waals surface area contributed by atoms with E-state index in [2.05, 4.69) is 10.2 Å². The fourth-order valence-corrected chi connectivity index (χ4v) is 4.28. The molecule has 0 radical (unpaired) electrons. The number of amides is 1. The van der Waals surface area contributed by atoms with Crippen LogP contribution in [0.1, 0.15) is 28.8 Å². The lowest BCUT2D eigenvalue weighted by Gasteiger charge is -2.31. The topological polar surface area (TPSA) is 46.1 Å². The molecule has 0 spiro atoms. The lowest BCUT2D eigenvalue weighted by atomic mass is 9.99. The van der Waals surface area contributed by atoms with Gasteiger partial charge in [0.15, 0.2) is 0 Å². The van der Waals surface area contributed by atoms with Gasteiger partial charge < -0.3 is 4.90 Å². The number of hydrogen-bond acceptors (Lipinski definition) is 5. The molecule has 3 rings (SSSR count). The number of nitrogens with zero attached hydrogens (tertiary/aromatic N) is 3. The molecule has 1 aliphatic heterocycles. The highest BCUT2D eigenvalue weighted by Crippen LogP contribution is 2.29. The van der Waals surface area contributed by atoms with Gasteiger partial charge in [0.25, 0.3) is 0 Å². The molecule has 0 aliphatic carbocycles. The molecule has 1 fully saturated rings. The van der Waals surface area contributed by atoms with E-state index in [9.17, 15) is 9.18 Å². The summed E-state index contributed by atoms with van der Waals surface area (Å²) in [5.74, 6) is 0.555. The number of carbonyl (C=O) groups is 1. The fraction of sp³-hybridized carbons (Fsp3) is 0.438. The molecule has 1 atom stereocenters. The Kier molecular flexibility index (Phi) is 5.27. The molecule has 1 aromatic carbocycles. The molecule has 1 aliphatic rings. The van der Waals surface area contributed by atoms with Crippen molar-refractivity contribution in [1.29, 1.82) is 0 Å². The van der Waals surface area contributed by atoms with Crippen molar-refractivity contribution in [3.05, 3.63) is 40.1 Å². The zero-order valence-electron chi connectivity index (χ0n) is 12.9. The van der Waals surface area contributed by atoms with Crippen molar-refractivity contribution in [3.8, 4) is 0 Å². The van der Waals surface area contributed by atoms with E-state index in [1.54, 1.807) is 23.5 Å². The molecule has 0 unspecified atom stereocenters. The van der Waals surface area contributed by atoms with Crippen molar-refractivity contribution in [2.75, 3.05) is 18.8 Å². The average molecular weight is 351 g/mol. The summed E-state index contributed by atoms with van der Waals surface area (Å²) in [6.07, 6.45) is 2.06. The summed E-state index contributed by atoms with van der Waals surface area (Å²) in [7, 11) is 0. The zero-order valence-corrected chi connectivity index (χ0v) is 14.5. The number of rotatable bonds is 4. The molecule has 4 nitrogen and oxygen atoms in total. The van der Waals surface area contributed by atoms with Crippen LogP contribution in [0.3, 0.4) is 0 Å². The first kappa shape index (κ1) is 16.4. The number of aryl methyl sites for hydroxylation is 1. The average Bonchev–Trinajstić information content (AvgIpc) is 3.01. The van der Waals surface area contributed by atoms with Gasteiger partial charge in [-0.1, -0.05) is 0 Å². The third-order valence-corrected chi connectivity index (χ3v) is 5.84. The molecule has 23 heavy (non-hydrogen) atoms. The summed E-state index contributed by atoms with van der Waals surface area (Å²) in [5.41, 5.74) is 0. The number of carbonyl (C=O) groups excluding carboxylic acids is 1. The maximum absolute atomic E-state index is 12.9. The van der Waals surface area contributed by atoms with E-state index < -0.39 is 0 Å². The Bertz CT molecular complexity index is 674. The van der Waals surface area contributed by atoms with Crippen molar-refractivity contribution >= 4 is 29.0 Å². The van der Waals surface area contributed by atoms with Crippen LogP contribution in [0.15, 0.2) is 29.2 Å². The predicted molar refractivity (Wildman–Crippen MR) is 90.3 cm³/mol. The van der Waals surface area contributed by atoms with Crippen LogP contribution in [0.5, 0.6) is 0 Å². The number of thioether (sulfide) groups is 1. The molecular weight excluding hydrogens is 333 g/mol. The number of likely N-dealkylation sites (tertiary alicyclic amines) is 1. The maximum Gasteiger partial charge on any atom is 0.232 e. The first-order valence-corrected chi connectivity index (χ1v) is 9.38. The molecule has 2 heterocycles. The predicted octanol–water partition coefficient (Wildman–Crippen LogP) is 3.48. The summed E-state index contributed by atoms with van der Waals surface area (Å²) in [5, 5.41) is 10.3. The van der Waals surface area contributed by atoms with Crippen LogP contribution in [-0.4, -0.2) is 39.8 Å². The molecule has 7 heteroatoms. The van der Waals surface area contributed by atoms with Gasteiger partial charge in [-0.15, -0.1) is 33.3 Å². The molecule has 1 aromatic heterocycles. The summed E-state index contributed by atoms with van der Waals surface area (Å²) in [4.78, 5) is 15.2. The molecule has 0 saturated carbocycles. The standard InChI is InChI=1S/C16H18FN3OS2/c1-11-18-19-16(23-11)12-3-2-8-20(9-12)15(21)10-22-14-6-4-13(17)5-7-14/h4-7,12H,2-3,8-10H2,1H3/t12-/m0/s1. The Balaban J connectivity index is 1.55. The van der Waals surface area contributed by atoms with Crippen molar-refractivity contribution in [1.82, 2.24) is 15.1 Å². The van der Waals surface area contributed by atoms with Gasteiger partial charge in [-0.05, 0) is 44.0 Å². The van der Waals surface area contributed by atoms with Crippen LogP contribution in [-0.2, 0) is 4.79 Å². The third kappa shape index (κ3) is 4.29. The Morgan fingerprint density at radius 3 is 2.87 bits per heavy atom. The highest BCUT2D eigenvalue weighted by atomic mass is 32.2. The molecular formula is C16H18FN3OS2. The quantitative estimate of drug-likeness (QED) is 0.791. The van der Waals surface area contributed by atoms with Gasteiger partial charge in [0, 0.05) is 23.9 Å². The van der Waals surface area contributed by atoms with Gasteiger partial charge in [-0.25, -0.2) is 4.39 Å². The summed E-state index contributed by atoms with van der Waals surface area (Å²) >= 11 is 3.07. The van der Waals surface area contributed by atoms with Crippen molar-refractivity contribution in [3.63, 3.8) is 0 Å². The highest BCUT2D eigenvalue weighted by molar-refractivity contribution is 8.00. The van der Waals surface area contributed by atoms with Crippen LogP contribution >= 0.6 is 23.1 Å². The summed E-state index contributed by atoms with van der Waals surface area (Å²) in [6, 6.07) is 6.25. The van der Waals surface area contributed by atoms with E-state index in [0.29, 0.717) is 11.7 Å². The minimum absolute atomic E-state index is 0.130. The third-order valence-electron chi connectivity index (χ3n) is 3.84. The van der Waals surface area contributed by atoms with Crippen LogP contribution in [0, 0.1) is 12.7 Å². The second-order valence-corrected chi connectivity index (χ2v) is 7.84. The number of hydrogen-bond donors (Lipinski definition) is 0. The monoisotopic (exact) mass is 351 g/mol. The van der Waals surface area contributed by atoms with Crippen molar-refractivity contribution in [2.45, 2.75) is 30.6 Å². The Labute approximate surface area is 143 Å². The smallest absolute Gasteiger partial charge is 0.232 e. The van der Waals surface area contributed by atoms with Crippen molar-refractivity contribution < 1.29 is 9.18 Å². The molecule has 0 N–H and O–H groups in total. The normalized spacial score (nSPS) is 18.2. The van der Waals surface area contributed by atoms with Gasteiger partial charge in [0.1, 0.15) is 15.8 Å². The van der Waals surface area contributed by atoms with E-state index in [-0.39, 0.29) is 11.7 Å². The molecule has 2 aromatic rings. The van der Waals surface area contributed by atoms with Crippen LogP contribution in [0.25, 0.3) is 0 Å². The number of benzene rings is 1. The number of halogens is 1. The van der Waals surface area contributed by atoms with Crippen LogP contribution < -0.4 is 0 Å². The second-order valence-electron chi connectivity index (χ2n) is 5.58. The van der Waals surface area contributed by atoms with Gasteiger partial charge in [0.05, 0.1) is 5.75 Å². The highest BCUT2D eigenvalue weighted by Gasteiger charge is 2.26. The van der Waals surface area contributed by atoms with Crippen molar-refractivity contribution in [2.24, 2.45) is 0 Å². The molecule has 122 valence electrons. The Hall–Kier alpha value is -1.47. The van der Waals surface area contributed by atoms with Gasteiger partial charge >= 0.3 is 0 Å². The van der Waals surface area contributed by atoms with Crippen LogP contribution in [0.4, 0.5) is 4.39 Å². The van der Waals surface area contributed by atoms with E-state index in [1.807, 2.05) is 11.8 Å². The summed E-state index contributed by atoms with van der Waals surface area (Å²) in [6.45, 7) is 3.47. The minimum atomic E-state index is -0.258. The van der Waals surface area contributed by atoms with Gasteiger partial charge in [-0.3, -0.25) is 4.79 Å². The maximum atomic E-state index is 12.9. The number of aromatic nitrogens is 2. The van der Waals surface area contributed by atoms with Crippen LogP contribution in [0.2, 0.25) is 0 Å². The van der Waals surface area contributed by atoms with Gasteiger partial charge in [0.2, 0.25) is 5.91 Å². The van der Waals surface area contributed by atoms with E-state index >= 15 is 0 Å². The SMILES string of the molecule is Cc1nnc([C@H]2CCCN(C(=O)CSc3ccc(F)cc3)C2)s1.